The number of rotatable bonds is 5. The zero-order chi connectivity index (χ0) is 18.6. The van der Waals surface area contributed by atoms with Gasteiger partial charge in [-0.25, -0.2) is 4.68 Å². The van der Waals surface area contributed by atoms with Crippen molar-refractivity contribution >= 4 is 5.91 Å². The molecule has 27 heavy (non-hydrogen) atoms. The molecular formula is C19H23N7O. The predicted molar refractivity (Wildman–Crippen MR) is 101 cm³/mol. The fourth-order valence-electron chi connectivity index (χ4n) is 3.25. The van der Waals surface area contributed by atoms with Crippen LogP contribution in [0.5, 0.6) is 0 Å². The molecule has 4 rings (SSSR count). The molecule has 8 nitrogen and oxygen atoms in total. The third-order valence-corrected chi connectivity index (χ3v) is 4.81. The monoisotopic (exact) mass is 365 g/mol. The van der Waals surface area contributed by atoms with Crippen LogP contribution < -0.4 is 10.6 Å². The zero-order valence-electron chi connectivity index (χ0n) is 15.2. The molecule has 2 N–H and O–H groups in total. The first kappa shape index (κ1) is 17.4. The van der Waals surface area contributed by atoms with Crippen molar-refractivity contribution in [2.24, 2.45) is 0 Å². The number of hydrogen-bond donors (Lipinski definition) is 2. The molecule has 0 bridgehead atoms. The van der Waals surface area contributed by atoms with E-state index in [-0.39, 0.29) is 11.9 Å². The first-order valence-electron chi connectivity index (χ1n) is 9.25. The molecule has 0 saturated carbocycles. The average Bonchev–Trinajstić information content (AvgIpc) is 3.39. The molecule has 8 heteroatoms. The smallest absolute Gasteiger partial charge is 0.272 e. The van der Waals surface area contributed by atoms with E-state index in [1.54, 1.807) is 10.7 Å². The van der Waals surface area contributed by atoms with E-state index in [1.807, 2.05) is 54.3 Å². The van der Waals surface area contributed by atoms with Gasteiger partial charge in [0.05, 0.1) is 24.0 Å². The number of carbonyl (C=O) groups excluding carboxylic acids is 1. The van der Waals surface area contributed by atoms with Gasteiger partial charge in [0, 0.05) is 12.7 Å². The lowest BCUT2D eigenvalue weighted by Crippen LogP contribution is -2.32. The second-order valence-corrected chi connectivity index (χ2v) is 6.80. The minimum atomic E-state index is -0.267. The highest BCUT2D eigenvalue weighted by atomic mass is 16.2. The molecule has 1 fully saturated rings. The molecule has 2 atom stereocenters. The SMILES string of the molecule is CC(NC(=O)c1ccn(C2CCCNC2)n1)c1cn(-c2ccccc2)nn1. The number of amides is 1. The number of carbonyl (C=O) groups is 1. The van der Waals surface area contributed by atoms with Gasteiger partial charge in [0.2, 0.25) is 0 Å². The van der Waals surface area contributed by atoms with Crippen molar-refractivity contribution in [3.63, 3.8) is 0 Å². The maximum atomic E-state index is 12.5. The van der Waals surface area contributed by atoms with Crippen LogP contribution in [0, 0.1) is 0 Å². The van der Waals surface area contributed by atoms with Crippen LogP contribution >= 0.6 is 0 Å². The lowest BCUT2D eigenvalue weighted by Gasteiger charge is -2.22. The molecule has 0 aliphatic carbocycles. The highest BCUT2D eigenvalue weighted by Gasteiger charge is 2.20. The average molecular weight is 365 g/mol. The topological polar surface area (TPSA) is 89.7 Å². The Labute approximate surface area is 157 Å². The molecule has 140 valence electrons. The number of piperidine rings is 1. The highest BCUT2D eigenvalue weighted by molar-refractivity contribution is 5.92. The van der Waals surface area contributed by atoms with Gasteiger partial charge in [-0.2, -0.15) is 5.10 Å². The van der Waals surface area contributed by atoms with Gasteiger partial charge in [-0.05, 0) is 44.5 Å². The van der Waals surface area contributed by atoms with Gasteiger partial charge in [-0.1, -0.05) is 23.4 Å². The van der Waals surface area contributed by atoms with Crippen LogP contribution in [0.25, 0.3) is 5.69 Å². The minimum absolute atomic E-state index is 0.209. The van der Waals surface area contributed by atoms with E-state index >= 15 is 0 Å². The van der Waals surface area contributed by atoms with Gasteiger partial charge < -0.3 is 10.6 Å². The highest BCUT2D eigenvalue weighted by Crippen LogP contribution is 2.16. The van der Waals surface area contributed by atoms with Crippen LogP contribution in [-0.2, 0) is 0 Å². The minimum Gasteiger partial charge on any atom is -0.342 e. The standard InChI is InChI=1S/C19H23N7O/c1-14(18-13-26(24-22-18)15-6-3-2-4-7-15)21-19(27)17-9-11-25(23-17)16-8-5-10-20-12-16/h2-4,6-7,9,11,13-14,16,20H,5,8,10,12H2,1H3,(H,21,27). The summed E-state index contributed by atoms with van der Waals surface area (Å²) in [6.07, 6.45) is 5.91. The van der Waals surface area contributed by atoms with Gasteiger partial charge in [0.15, 0.2) is 0 Å². The molecule has 3 aromatic rings. The van der Waals surface area contributed by atoms with Gasteiger partial charge in [0.1, 0.15) is 11.4 Å². The fraction of sp³-hybridized carbons (Fsp3) is 0.368. The molecule has 0 radical (unpaired) electrons. The first-order valence-corrected chi connectivity index (χ1v) is 9.25. The van der Waals surface area contributed by atoms with Gasteiger partial charge >= 0.3 is 0 Å². The summed E-state index contributed by atoms with van der Waals surface area (Å²) in [5, 5.41) is 19.1. The third kappa shape index (κ3) is 3.90. The van der Waals surface area contributed by atoms with Crippen LogP contribution in [0.2, 0.25) is 0 Å². The molecule has 2 unspecified atom stereocenters. The van der Waals surface area contributed by atoms with Gasteiger partial charge in [0.25, 0.3) is 5.91 Å². The van der Waals surface area contributed by atoms with Crippen molar-refractivity contribution in [1.29, 1.82) is 0 Å². The summed E-state index contributed by atoms with van der Waals surface area (Å²) < 4.78 is 3.58. The van der Waals surface area contributed by atoms with E-state index in [1.165, 1.54) is 0 Å². The Bertz CT molecular complexity index is 896. The lowest BCUT2D eigenvalue weighted by atomic mass is 10.1. The van der Waals surface area contributed by atoms with Crippen molar-refractivity contribution in [2.45, 2.75) is 31.8 Å². The van der Waals surface area contributed by atoms with Crippen LogP contribution in [0.15, 0.2) is 48.8 Å². The summed E-state index contributed by atoms with van der Waals surface area (Å²) in [5.41, 5.74) is 2.04. The number of hydrogen-bond acceptors (Lipinski definition) is 5. The second kappa shape index (κ2) is 7.71. The van der Waals surface area contributed by atoms with E-state index in [9.17, 15) is 4.79 Å². The van der Waals surface area contributed by atoms with Crippen LogP contribution in [0.3, 0.4) is 0 Å². The van der Waals surface area contributed by atoms with Crippen molar-refractivity contribution in [2.75, 3.05) is 13.1 Å². The summed E-state index contributed by atoms with van der Waals surface area (Å²) in [6, 6.07) is 11.5. The second-order valence-electron chi connectivity index (χ2n) is 6.80. The number of nitrogens with zero attached hydrogens (tertiary/aromatic N) is 5. The van der Waals surface area contributed by atoms with E-state index in [0.717, 1.165) is 31.6 Å². The van der Waals surface area contributed by atoms with Crippen LogP contribution in [0.1, 0.15) is 48.0 Å². The van der Waals surface area contributed by atoms with Crippen LogP contribution in [-0.4, -0.2) is 43.8 Å². The summed E-state index contributed by atoms with van der Waals surface area (Å²) in [6.45, 7) is 3.83. The molecule has 1 aliphatic rings. The number of aromatic nitrogens is 5. The van der Waals surface area contributed by atoms with E-state index in [4.69, 9.17) is 0 Å². The summed E-state index contributed by atoms with van der Waals surface area (Å²) in [7, 11) is 0. The van der Waals surface area contributed by atoms with Crippen molar-refractivity contribution in [1.82, 2.24) is 35.4 Å². The molecule has 3 heterocycles. The van der Waals surface area contributed by atoms with Crippen molar-refractivity contribution in [3.05, 3.63) is 60.2 Å². The Balaban J connectivity index is 1.41. The number of para-hydroxylation sites is 1. The lowest BCUT2D eigenvalue weighted by molar-refractivity contribution is 0.0932. The molecule has 1 aromatic carbocycles. The maximum Gasteiger partial charge on any atom is 0.272 e. The molecule has 0 spiro atoms. The van der Waals surface area contributed by atoms with E-state index in [0.29, 0.717) is 17.4 Å². The number of nitrogens with one attached hydrogen (secondary N) is 2. The van der Waals surface area contributed by atoms with Crippen LogP contribution in [0.4, 0.5) is 0 Å². The molecule has 1 aliphatic heterocycles. The summed E-state index contributed by atoms with van der Waals surface area (Å²) in [4.78, 5) is 12.5. The Hall–Kier alpha value is -3.00. The third-order valence-electron chi connectivity index (χ3n) is 4.81. The van der Waals surface area contributed by atoms with Crippen molar-refractivity contribution < 1.29 is 4.79 Å². The maximum absolute atomic E-state index is 12.5. The molecule has 1 amide bonds. The summed E-state index contributed by atoms with van der Waals surface area (Å²) >= 11 is 0. The first-order chi connectivity index (χ1) is 13.2. The predicted octanol–water partition coefficient (Wildman–Crippen LogP) is 1.88. The Morgan fingerprint density at radius 1 is 1.30 bits per heavy atom. The van der Waals surface area contributed by atoms with Crippen molar-refractivity contribution in [3.8, 4) is 5.69 Å². The Kier molecular flexibility index (Phi) is 4.97. The fourth-order valence-corrected chi connectivity index (χ4v) is 3.25. The van der Waals surface area contributed by atoms with Gasteiger partial charge in [-0.3, -0.25) is 9.48 Å². The molecule has 1 saturated heterocycles. The van der Waals surface area contributed by atoms with Gasteiger partial charge in [-0.15, -0.1) is 5.10 Å². The zero-order valence-corrected chi connectivity index (χ0v) is 15.2. The van der Waals surface area contributed by atoms with E-state index < -0.39 is 0 Å². The normalized spacial score (nSPS) is 18.2. The Morgan fingerprint density at radius 2 is 2.15 bits per heavy atom. The van der Waals surface area contributed by atoms with E-state index in [2.05, 4.69) is 26.0 Å². The quantitative estimate of drug-likeness (QED) is 0.721. The number of benzene rings is 1. The summed E-state index contributed by atoms with van der Waals surface area (Å²) in [5.74, 6) is -0.209. The largest absolute Gasteiger partial charge is 0.342 e. The molecule has 2 aromatic heterocycles. The Morgan fingerprint density at radius 3 is 2.93 bits per heavy atom. The molecular weight excluding hydrogens is 342 g/mol.